The third-order valence-electron chi connectivity index (χ3n) is 5.84. The Balaban J connectivity index is 1.92. The molecule has 0 spiro atoms. The fourth-order valence-electron chi connectivity index (χ4n) is 4.80. The molecule has 1 aromatic heterocycles. The van der Waals surface area contributed by atoms with Gasteiger partial charge >= 0.3 is 0 Å². The van der Waals surface area contributed by atoms with Crippen molar-refractivity contribution in [3.63, 3.8) is 0 Å². The first-order valence-electron chi connectivity index (χ1n) is 9.35. The molecule has 1 aromatic rings. The van der Waals surface area contributed by atoms with E-state index in [1.807, 2.05) is 17.8 Å². The van der Waals surface area contributed by atoms with Gasteiger partial charge in [0.2, 0.25) is 0 Å². The molecule has 0 radical (unpaired) electrons. The molecule has 1 N–H and O–H groups in total. The van der Waals surface area contributed by atoms with Gasteiger partial charge in [-0.3, -0.25) is 9.59 Å². The first-order chi connectivity index (χ1) is 12.1. The monoisotopic (exact) mass is 353 g/mol. The molecule has 5 heteroatoms. The van der Waals surface area contributed by atoms with E-state index in [9.17, 15) is 9.59 Å². The summed E-state index contributed by atoms with van der Waals surface area (Å²) < 4.78 is 1.94. The maximum Gasteiger partial charge on any atom is 0.162 e. The van der Waals surface area contributed by atoms with E-state index in [4.69, 9.17) is 0 Å². The van der Waals surface area contributed by atoms with Gasteiger partial charge in [-0.1, -0.05) is 27.7 Å². The van der Waals surface area contributed by atoms with Crippen molar-refractivity contribution in [2.45, 2.75) is 59.3 Å². The van der Waals surface area contributed by atoms with E-state index in [0.717, 1.165) is 41.2 Å². The third-order valence-corrected chi connectivity index (χ3v) is 5.84. The highest BCUT2D eigenvalue weighted by molar-refractivity contribution is 6.06. The van der Waals surface area contributed by atoms with Gasteiger partial charge < -0.3 is 9.88 Å². The number of Topliss-reactive ketones (excluding diaryl/α,β-unsaturated/α-hetero) is 2. The number of nitrogens with one attached hydrogen (secondary N) is 1. The zero-order valence-electron chi connectivity index (χ0n) is 16.3. The Morgan fingerprint density at radius 2 is 1.46 bits per heavy atom. The van der Waals surface area contributed by atoms with Crippen molar-refractivity contribution < 1.29 is 9.59 Å². The molecular weight excluding hydrogens is 326 g/mol. The number of aryl methyl sites for hydroxylation is 1. The molecule has 0 bridgehead atoms. The Bertz CT molecular complexity index is 831. The number of aromatic nitrogens is 2. The number of dihydropyridines is 1. The SMILES string of the molecule is Cn1ccnc1C1C2=C(CC(C)(C)CC2=O)NC2=C1C(=O)CC(C)(C)C2. The van der Waals surface area contributed by atoms with E-state index in [0.29, 0.717) is 12.8 Å². The molecule has 138 valence electrons. The zero-order chi connectivity index (χ0) is 18.9. The molecule has 2 heterocycles. The normalized spacial score (nSPS) is 25.1. The molecule has 0 unspecified atom stereocenters. The summed E-state index contributed by atoms with van der Waals surface area (Å²) in [4.78, 5) is 30.7. The predicted molar refractivity (Wildman–Crippen MR) is 99.2 cm³/mol. The Hall–Kier alpha value is -2.17. The minimum Gasteiger partial charge on any atom is -0.362 e. The molecule has 4 rings (SSSR count). The van der Waals surface area contributed by atoms with Gasteiger partial charge in [0.05, 0.1) is 5.92 Å². The standard InChI is InChI=1S/C21H27N3O2/c1-20(2)8-12-16(14(25)10-20)18(19-22-6-7-24(19)5)17-13(23-12)9-21(3,4)11-15(17)26/h6-7,18,23H,8-11H2,1-5H3. The lowest BCUT2D eigenvalue weighted by atomic mass is 9.65. The zero-order valence-corrected chi connectivity index (χ0v) is 16.3. The quantitative estimate of drug-likeness (QED) is 0.840. The topological polar surface area (TPSA) is 64.0 Å². The summed E-state index contributed by atoms with van der Waals surface area (Å²) in [5.41, 5.74) is 3.35. The number of carbonyl (C=O) groups is 2. The Morgan fingerprint density at radius 3 is 1.88 bits per heavy atom. The Labute approximate surface area is 154 Å². The predicted octanol–water partition coefficient (Wildman–Crippen LogP) is 3.39. The fraction of sp³-hybridized carbons (Fsp3) is 0.571. The highest BCUT2D eigenvalue weighted by Crippen LogP contribution is 2.50. The second-order valence-corrected chi connectivity index (χ2v) is 9.62. The van der Waals surface area contributed by atoms with Gasteiger partial charge in [-0.15, -0.1) is 0 Å². The van der Waals surface area contributed by atoms with Gasteiger partial charge in [-0.25, -0.2) is 4.98 Å². The molecule has 5 nitrogen and oxygen atoms in total. The Morgan fingerprint density at radius 1 is 0.962 bits per heavy atom. The van der Waals surface area contributed by atoms with Gasteiger partial charge in [0.15, 0.2) is 11.6 Å². The van der Waals surface area contributed by atoms with Gasteiger partial charge in [0.1, 0.15) is 5.82 Å². The van der Waals surface area contributed by atoms with E-state index in [2.05, 4.69) is 38.0 Å². The Kier molecular flexibility index (Phi) is 3.59. The van der Waals surface area contributed by atoms with Crippen LogP contribution in [0.15, 0.2) is 34.9 Å². The average molecular weight is 353 g/mol. The van der Waals surface area contributed by atoms with Gasteiger partial charge in [0, 0.05) is 54.8 Å². The second-order valence-electron chi connectivity index (χ2n) is 9.62. The van der Waals surface area contributed by atoms with Crippen molar-refractivity contribution in [1.82, 2.24) is 14.9 Å². The van der Waals surface area contributed by atoms with Crippen LogP contribution in [0.25, 0.3) is 0 Å². The number of nitrogens with zero attached hydrogens (tertiary/aromatic N) is 2. The third kappa shape index (κ3) is 2.65. The average Bonchev–Trinajstić information content (AvgIpc) is 2.88. The van der Waals surface area contributed by atoms with Crippen LogP contribution < -0.4 is 5.32 Å². The fourth-order valence-corrected chi connectivity index (χ4v) is 4.80. The lowest BCUT2D eigenvalue weighted by Gasteiger charge is -2.43. The molecule has 2 aliphatic carbocycles. The minimum atomic E-state index is -0.339. The number of hydrogen-bond donors (Lipinski definition) is 1. The van der Waals surface area contributed by atoms with Crippen LogP contribution in [-0.2, 0) is 16.6 Å². The van der Waals surface area contributed by atoms with Crippen molar-refractivity contribution in [1.29, 1.82) is 0 Å². The summed E-state index contributed by atoms with van der Waals surface area (Å²) >= 11 is 0. The molecule has 0 fully saturated rings. The number of imidazole rings is 1. The minimum absolute atomic E-state index is 0.0681. The molecule has 26 heavy (non-hydrogen) atoms. The summed E-state index contributed by atoms with van der Waals surface area (Å²) in [6.45, 7) is 8.52. The van der Waals surface area contributed by atoms with Crippen LogP contribution in [0, 0.1) is 10.8 Å². The van der Waals surface area contributed by atoms with Crippen molar-refractivity contribution in [2.75, 3.05) is 0 Å². The lowest BCUT2D eigenvalue weighted by molar-refractivity contribution is -0.119. The molecule has 0 aromatic carbocycles. The van der Waals surface area contributed by atoms with Crippen LogP contribution in [0.2, 0.25) is 0 Å². The number of allylic oxidation sites excluding steroid dienone is 4. The molecule has 0 saturated heterocycles. The number of carbonyl (C=O) groups excluding carboxylic acids is 2. The van der Waals surface area contributed by atoms with Crippen LogP contribution in [-0.4, -0.2) is 21.1 Å². The summed E-state index contributed by atoms with van der Waals surface area (Å²) in [5, 5.41) is 3.52. The highest BCUT2D eigenvalue weighted by Gasteiger charge is 2.47. The maximum absolute atomic E-state index is 13.1. The number of ketones is 2. The molecule has 3 aliphatic rings. The van der Waals surface area contributed by atoms with E-state index >= 15 is 0 Å². The first-order valence-corrected chi connectivity index (χ1v) is 9.35. The van der Waals surface area contributed by atoms with Crippen molar-refractivity contribution in [2.24, 2.45) is 17.9 Å². The van der Waals surface area contributed by atoms with Crippen LogP contribution in [0.3, 0.4) is 0 Å². The first kappa shape index (κ1) is 17.3. The van der Waals surface area contributed by atoms with E-state index in [1.165, 1.54) is 0 Å². The molecule has 1 aliphatic heterocycles. The largest absolute Gasteiger partial charge is 0.362 e. The van der Waals surface area contributed by atoms with Gasteiger partial charge in [-0.05, 0) is 23.7 Å². The van der Waals surface area contributed by atoms with Crippen LogP contribution in [0.5, 0.6) is 0 Å². The van der Waals surface area contributed by atoms with E-state index in [1.54, 1.807) is 6.20 Å². The number of hydrogen-bond acceptors (Lipinski definition) is 4. The summed E-state index contributed by atoms with van der Waals surface area (Å²) in [7, 11) is 1.93. The highest BCUT2D eigenvalue weighted by atomic mass is 16.1. The summed E-state index contributed by atoms with van der Waals surface area (Å²) in [5.74, 6) is 0.725. The number of rotatable bonds is 1. The molecule has 0 atom stereocenters. The van der Waals surface area contributed by atoms with Crippen LogP contribution >= 0.6 is 0 Å². The van der Waals surface area contributed by atoms with Gasteiger partial charge in [-0.2, -0.15) is 0 Å². The summed E-state index contributed by atoms with van der Waals surface area (Å²) in [6, 6.07) is 0. The van der Waals surface area contributed by atoms with Crippen molar-refractivity contribution >= 4 is 11.6 Å². The second kappa shape index (κ2) is 5.41. The van der Waals surface area contributed by atoms with E-state index in [-0.39, 0.29) is 28.3 Å². The summed E-state index contributed by atoms with van der Waals surface area (Å²) in [6.07, 6.45) is 6.28. The smallest absolute Gasteiger partial charge is 0.162 e. The van der Waals surface area contributed by atoms with Gasteiger partial charge in [0.25, 0.3) is 0 Å². The van der Waals surface area contributed by atoms with Crippen molar-refractivity contribution in [3.05, 3.63) is 40.8 Å². The molecule has 0 saturated carbocycles. The van der Waals surface area contributed by atoms with Crippen LogP contribution in [0.4, 0.5) is 0 Å². The van der Waals surface area contributed by atoms with E-state index < -0.39 is 0 Å². The maximum atomic E-state index is 13.1. The van der Waals surface area contributed by atoms with Crippen LogP contribution in [0.1, 0.15) is 65.1 Å². The molecular formula is C21H27N3O2. The van der Waals surface area contributed by atoms with Crippen molar-refractivity contribution in [3.8, 4) is 0 Å². The molecule has 0 amide bonds. The lowest BCUT2D eigenvalue weighted by Crippen LogP contribution is -2.42.